The first kappa shape index (κ1) is 15.2. The fourth-order valence-corrected chi connectivity index (χ4v) is 2.29. The predicted molar refractivity (Wildman–Crippen MR) is 88.2 cm³/mol. The van der Waals surface area contributed by atoms with Crippen LogP contribution in [0.5, 0.6) is 0 Å². The maximum absolute atomic E-state index is 11.0. The largest absolute Gasteiger partial charge is 0.378 e. The summed E-state index contributed by atoms with van der Waals surface area (Å²) in [6, 6.07) is 8.80. The fraction of sp³-hybridized carbons (Fsp3) is 0.125. The number of hydrogen-bond acceptors (Lipinski definition) is 4. The third-order valence-corrected chi connectivity index (χ3v) is 3.80. The number of nitrogens with one attached hydrogen (secondary N) is 2. The molecule has 0 spiro atoms. The molecule has 2 aromatic carbocycles. The number of hydrogen-bond donors (Lipinski definition) is 2. The minimum Gasteiger partial charge on any atom is -0.378 e. The first-order valence-corrected chi connectivity index (χ1v) is 7.18. The molecule has 0 aliphatic carbocycles. The van der Waals surface area contributed by atoms with Gasteiger partial charge in [-0.2, -0.15) is 10.3 Å². The van der Waals surface area contributed by atoms with Gasteiger partial charge in [-0.1, -0.05) is 17.7 Å². The van der Waals surface area contributed by atoms with Gasteiger partial charge in [0.1, 0.15) is 0 Å². The quantitative estimate of drug-likeness (QED) is 0.515. The SMILES string of the molecule is Cc1cc2o[nH]c(=O)c2cc1Cl.Cc1ccc2c(=O)[nH]oc2c1. The number of aromatic nitrogens is 2. The second-order valence-corrected chi connectivity index (χ2v) is 5.57. The van der Waals surface area contributed by atoms with E-state index in [2.05, 4.69) is 10.3 Å². The van der Waals surface area contributed by atoms with Crippen LogP contribution in [-0.4, -0.2) is 10.3 Å². The highest BCUT2D eigenvalue weighted by Crippen LogP contribution is 2.20. The van der Waals surface area contributed by atoms with Crippen molar-refractivity contribution in [3.63, 3.8) is 0 Å². The smallest absolute Gasteiger partial charge is 0.287 e. The van der Waals surface area contributed by atoms with Crippen LogP contribution in [0.25, 0.3) is 21.9 Å². The van der Waals surface area contributed by atoms with E-state index in [9.17, 15) is 9.59 Å². The number of aryl methyl sites for hydroxylation is 2. The van der Waals surface area contributed by atoms with E-state index in [0.29, 0.717) is 27.0 Å². The summed E-state index contributed by atoms with van der Waals surface area (Å²) in [5, 5.41) is 6.19. The first-order chi connectivity index (χ1) is 11.0. The maximum Gasteiger partial charge on any atom is 0.287 e. The molecule has 0 saturated heterocycles. The Morgan fingerprint density at radius 3 is 2.17 bits per heavy atom. The predicted octanol–water partition coefficient (Wildman–Crippen LogP) is 3.51. The molecule has 0 atom stereocenters. The molecule has 2 N–H and O–H groups in total. The summed E-state index contributed by atoms with van der Waals surface area (Å²) in [7, 11) is 0. The van der Waals surface area contributed by atoms with Gasteiger partial charge >= 0.3 is 0 Å². The van der Waals surface area contributed by atoms with Crippen LogP contribution in [-0.2, 0) is 0 Å². The van der Waals surface area contributed by atoms with Crippen molar-refractivity contribution in [3.8, 4) is 0 Å². The lowest BCUT2D eigenvalue weighted by atomic mass is 10.2. The van der Waals surface area contributed by atoms with E-state index in [1.165, 1.54) is 0 Å². The topological polar surface area (TPSA) is 92.0 Å². The van der Waals surface area contributed by atoms with Gasteiger partial charge in [0.2, 0.25) is 0 Å². The van der Waals surface area contributed by atoms with Gasteiger partial charge in [0.05, 0.1) is 10.8 Å². The third kappa shape index (κ3) is 2.93. The fourth-order valence-electron chi connectivity index (χ4n) is 2.13. The minimum atomic E-state index is -0.244. The van der Waals surface area contributed by atoms with Crippen molar-refractivity contribution in [2.24, 2.45) is 0 Å². The Bertz CT molecular complexity index is 1100. The Balaban J connectivity index is 0.000000136. The Morgan fingerprint density at radius 1 is 0.870 bits per heavy atom. The van der Waals surface area contributed by atoms with Gasteiger partial charge in [-0.3, -0.25) is 9.59 Å². The Morgan fingerprint density at radius 2 is 1.48 bits per heavy atom. The molecule has 0 fully saturated rings. The monoisotopic (exact) mass is 332 g/mol. The van der Waals surface area contributed by atoms with Crippen molar-refractivity contribution in [2.75, 3.05) is 0 Å². The molecule has 0 saturated carbocycles. The molecule has 7 heteroatoms. The van der Waals surface area contributed by atoms with Crippen molar-refractivity contribution >= 4 is 33.5 Å². The Labute approximate surface area is 134 Å². The summed E-state index contributed by atoms with van der Waals surface area (Å²) in [6.07, 6.45) is 0. The number of H-pyrrole nitrogens is 2. The summed E-state index contributed by atoms with van der Waals surface area (Å²) in [5.41, 5.74) is 2.73. The number of rotatable bonds is 0. The van der Waals surface area contributed by atoms with Gasteiger partial charge < -0.3 is 9.05 Å². The Hall–Kier alpha value is -2.73. The summed E-state index contributed by atoms with van der Waals surface area (Å²) < 4.78 is 9.78. The van der Waals surface area contributed by atoms with Crippen LogP contribution in [0.15, 0.2) is 49.0 Å². The van der Waals surface area contributed by atoms with E-state index < -0.39 is 0 Å². The van der Waals surface area contributed by atoms with Crippen LogP contribution in [0.3, 0.4) is 0 Å². The van der Waals surface area contributed by atoms with Crippen molar-refractivity contribution in [1.29, 1.82) is 0 Å². The third-order valence-electron chi connectivity index (χ3n) is 3.39. The Kier molecular flexibility index (Phi) is 3.83. The van der Waals surface area contributed by atoms with Gasteiger partial charge in [0, 0.05) is 5.02 Å². The molecule has 0 amide bonds. The van der Waals surface area contributed by atoms with Gasteiger partial charge in [-0.05, 0) is 49.2 Å². The molecule has 2 aromatic heterocycles. The highest BCUT2D eigenvalue weighted by molar-refractivity contribution is 6.32. The molecule has 0 aliphatic rings. The average molecular weight is 333 g/mol. The van der Waals surface area contributed by atoms with E-state index in [4.69, 9.17) is 20.6 Å². The number of halogens is 1. The zero-order valence-electron chi connectivity index (χ0n) is 12.4. The van der Waals surface area contributed by atoms with Crippen LogP contribution < -0.4 is 11.1 Å². The van der Waals surface area contributed by atoms with Gasteiger partial charge in [-0.25, -0.2) is 0 Å². The summed E-state index contributed by atoms with van der Waals surface area (Å²) in [6.45, 7) is 3.81. The number of benzene rings is 2. The van der Waals surface area contributed by atoms with E-state index in [1.54, 1.807) is 18.2 Å². The van der Waals surface area contributed by atoms with Crippen molar-refractivity contribution in [3.05, 3.63) is 67.2 Å². The highest BCUT2D eigenvalue weighted by Gasteiger charge is 2.05. The van der Waals surface area contributed by atoms with Gasteiger partial charge in [0.15, 0.2) is 11.2 Å². The van der Waals surface area contributed by atoms with Crippen molar-refractivity contribution < 1.29 is 9.05 Å². The molecule has 4 aromatic rings. The zero-order chi connectivity index (χ0) is 16.6. The lowest BCUT2D eigenvalue weighted by Gasteiger charge is -1.93. The standard InChI is InChI=1S/C8H6ClNO2.C8H7NO2/c1-4-2-7-5(3-6(4)9)8(11)10-12-7;1-5-2-3-6-7(4-5)11-9-8(6)10/h2-3H,1H3,(H,10,11);2-4H,1H3,(H,9,10). The second-order valence-electron chi connectivity index (χ2n) is 5.16. The van der Waals surface area contributed by atoms with E-state index in [0.717, 1.165) is 11.1 Å². The molecule has 0 unspecified atom stereocenters. The molecule has 23 heavy (non-hydrogen) atoms. The molecule has 2 heterocycles. The summed E-state index contributed by atoms with van der Waals surface area (Å²) >= 11 is 5.82. The molecule has 6 nitrogen and oxygen atoms in total. The van der Waals surface area contributed by atoms with Crippen molar-refractivity contribution in [1.82, 2.24) is 10.3 Å². The minimum absolute atomic E-state index is 0.167. The normalized spacial score (nSPS) is 10.7. The summed E-state index contributed by atoms with van der Waals surface area (Å²) in [4.78, 5) is 22.0. The van der Waals surface area contributed by atoms with E-state index >= 15 is 0 Å². The van der Waals surface area contributed by atoms with Crippen molar-refractivity contribution in [2.45, 2.75) is 13.8 Å². The molecule has 118 valence electrons. The molecular weight excluding hydrogens is 320 g/mol. The average Bonchev–Trinajstić information content (AvgIpc) is 3.05. The highest BCUT2D eigenvalue weighted by atomic mass is 35.5. The van der Waals surface area contributed by atoms with Crippen LogP contribution in [0.2, 0.25) is 5.02 Å². The summed E-state index contributed by atoms with van der Waals surface area (Å²) in [5.74, 6) is 0. The lowest BCUT2D eigenvalue weighted by molar-refractivity contribution is 0.449. The van der Waals surface area contributed by atoms with E-state index in [-0.39, 0.29) is 11.1 Å². The van der Waals surface area contributed by atoms with Crippen LogP contribution in [0, 0.1) is 13.8 Å². The molecular formula is C16H13ClN2O4. The lowest BCUT2D eigenvalue weighted by Crippen LogP contribution is -1.96. The molecule has 0 bridgehead atoms. The van der Waals surface area contributed by atoms with Crippen LogP contribution >= 0.6 is 11.6 Å². The first-order valence-electron chi connectivity index (χ1n) is 6.81. The van der Waals surface area contributed by atoms with Gasteiger partial charge in [-0.15, -0.1) is 0 Å². The number of aromatic amines is 2. The molecule has 0 radical (unpaired) electrons. The van der Waals surface area contributed by atoms with Crippen LogP contribution in [0.4, 0.5) is 0 Å². The second kappa shape index (κ2) is 5.81. The van der Waals surface area contributed by atoms with Crippen LogP contribution in [0.1, 0.15) is 11.1 Å². The molecule has 0 aliphatic heterocycles. The maximum atomic E-state index is 11.0. The van der Waals surface area contributed by atoms with Gasteiger partial charge in [0.25, 0.3) is 11.1 Å². The zero-order valence-corrected chi connectivity index (χ0v) is 13.2. The van der Waals surface area contributed by atoms with E-state index in [1.807, 2.05) is 26.0 Å². The number of fused-ring (bicyclic) bond motifs is 2. The molecule has 4 rings (SSSR count).